The van der Waals surface area contributed by atoms with E-state index < -0.39 is 0 Å². The topological polar surface area (TPSA) is 64.7 Å². The van der Waals surface area contributed by atoms with E-state index in [1.165, 1.54) is 0 Å². The van der Waals surface area contributed by atoms with Gasteiger partial charge in [0, 0.05) is 12.1 Å². The van der Waals surface area contributed by atoms with Gasteiger partial charge in [-0.15, -0.1) is 0 Å². The predicted molar refractivity (Wildman–Crippen MR) is 58.3 cm³/mol. The van der Waals surface area contributed by atoms with Crippen LogP contribution < -0.4 is 15.2 Å². The fourth-order valence-electron chi connectivity index (χ4n) is 1.37. The van der Waals surface area contributed by atoms with Gasteiger partial charge in [-0.1, -0.05) is 6.07 Å². The van der Waals surface area contributed by atoms with Crippen LogP contribution in [-0.2, 0) is 6.42 Å². The van der Waals surface area contributed by atoms with E-state index >= 15 is 0 Å². The molecular weight excluding hydrogens is 194 g/mol. The molecule has 3 N–H and O–H groups in total. The first-order valence-corrected chi connectivity index (χ1v) is 4.78. The van der Waals surface area contributed by atoms with Crippen molar-refractivity contribution >= 4 is 0 Å². The van der Waals surface area contributed by atoms with Gasteiger partial charge in [0.05, 0.1) is 20.8 Å². The number of benzene rings is 1. The maximum Gasteiger partial charge on any atom is 0.125 e. The molecule has 1 aromatic carbocycles. The summed E-state index contributed by atoms with van der Waals surface area (Å²) in [5.41, 5.74) is 6.63. The zero-order chi connectivity index (χ0) is 11.3. The summed E-state index contributed by atoms with van der Waals surface area (Å²) in [6.45, 7) is -0.0326. The molecule has 1 rings (SSSR count). The SMILES string of the molecule is COc1ccc(CC(N)CO)c(OC)c1. The number of aliphatic hydroxyl groups excluding tert-OH is 1. The first-order valence-electron chi connectivity index (χ1n) is 4.78. The average Bonchev–Trinajstić information content (AvgIpc) is 2.29. The largest absolute Gasteiger partial charge is 0.497 e. The molecule has 0 aromatic heterocycles. The van der Waals surface area contributed by atoms with Gasteiger partial charge in [-0.3, -0.25) is 0 Å². The van der Waals surface area contributed by atoms with Crippen LogP contribution in [-0.4, -0.2) is 32.0 Å². The molecule has 4 nitrogen and oxygen atoms in total. The van der Waals surface area contributed by atoms with Crippen LogP contribution in [0.1, 0.15) is 5.56 Å². The minimum Gasteiger partial charge on any atom is -0.497 e. The van der Waals surface area contributed by atoms with E-state index in [1.54, 1.807) is 20.3 Å². The van der Waals surface area contributed by atoms with E-state index in [1.807, 2.05) is 12.1 Å². The summed E-state index contributed by atoms with van der Waals surface area (Å²) in [5.74, 6) is 1.48. The van der Waals surface area contributed by atoms with E-state index in [-0.39, 0.29) is 12.6 Å². The van der Waals surface area contributed by atoms with E-state index in [0.717, 1.165) is 17.1 Å². The maximum atomic E-state index is 8.87. The number of hydrogen-bond acceptors (Lipinski definition) is 4. The van der Waals surface area contributed by atoms with Crippen LogP contribution in [0.4, 0.5) is 0 Å². The van der Waals surface area contributed by atoms with Gasteiger partial charge in [0.15, 0.2) is 0 Å². The summed E-state index contributed by atoms with van der Waals surface area (Å²) >= 11 is 0. The fraction of sp³-hybridized carbons (Fsp3) is 0.455. The molecule has 0 aliphatic heterocycles. The minimum absolute atomic E-state index is 0.0326. The number of nitrogens with two attached hydrogens (primary N) is 1. The number of hydrogen-bond donors (Lipinski definition) is 2. The minimum atomic E-state index is -0.257. The van der Waals surface area contributed by atoms with Gasteiger partial charge in [0.25, 0.3) is 0 Å². The Morgan fingerprint density at radius 2 is 2.07 bits per heavy atom. The Labute approximate surface area is 89.6 Å². The number of aliphatic hydroxyl groups is 1. The summed E-state index contributed by atoms with van der Waals surface area (Å²) in [4.78, 5) is 0. The molecule has 0 heterocycles. The van der Waals surface area contributed by atoms with Gasteiger partial charge < -0.3 is 20.3 Å². The zero-order valence-electron chi connectivity index (χ0n) is 9.06. The summed E-state index contributed by atoms with van der Waals surface area (Å²) in [6, 6.07) is 5.29. The van der Waals surface area contributed by atoms with Crippen LogP contribution in [0.15, 0.2) is 18.2 Å². The van der Waals surface area contributed by atoms with Crippen molar-refractivity contribution in [2.45, 2.75) is 12.5 Å². The number of ether oxygens (including phenoxy) is 2. The van der Waals surface area contributed by atoms with E-state index in [4.69, 9.17) is 20.3 Å². The second-order valence-electron chi connectivity index (χ2n) is 3.32. The van der Waals surface area contributed by atoms with Gasteiger partial charge in [-0.2, -0.15) is 0 Å². The summed E-state index contributed by atoms with van der Waals surface area (Å²) < 4.78 is 10.3. The molecule has 0 amide bonds. The van der Waals surface area contributed by atoms with Crippen molar-refractivity contribution in [3.8, 4) is 11.5 Å². The highest BCUT2D eigenvalue weighted by atomic mass is 16.5. The smallest absolute Gasteiger partial charge is 0.125 e. The van der Waals surface area contributed by atoms with E-state index in [9.17, 15) is 0 Å². The second-order valence-corrected chi connectivity index (χ2v) is 3.32. The van der Waals surface area contributed by atoms with Crippen LogP contribution in [0.25, 0.3) is 0 Å². The molecule has 0 fully saturated rings. The highest BCUT2D eigenvalue weighted by Crippen LogP contribution is 2.25. The third kappa shape index (κ3) is 3.11. The highest BCUT2D eigenvalue weighted by molar-refractivity contribution is 5.41. The molecule has 0 radical (unpaired) electrons. The van der Waals surface area contributed by atoms with Crippen molar-refractivity contribution in [1.29, 1.82) is 0 Å². The van der Waals surface area contributed by atoms with Crippen molar-refractivity contribution in [2.24, 2.45) is 5.73 Å². The van der Waals surface area contributed by atoms with Gasteiger partial charge in [0.1, 0.15) is 11.5 Å². The van der Waals surface area contributed by atoms with E-state index in [0.29, 0.717) is 6.42 Å². The molecule has 4 heteroatoms. The van der Waals surface area contributed by atoms with Crippen LogP contribution in [0, 0.1) is 0 Å². The average molecular weight is 211 g/mol. The van der Waals surface area contributed by atoms with Crippen LogP contribution in [0.3, 0.4) is 0 Å². The fourth-order valence-corrected chi connectivity index (χ4v) is 1.37. The van der Waals surface area contributed by atoms with Gasteiger partial charge in [-0.05, 0) is 18.1 Å². The highest BCUT2D eigenvalue weighted by Gasteiger charge is 2.08. The molecule has 0 aliphatic rings. The lowest BCUT2D eigenvalue weighted by Gasteiger charge is -2.13. The lowest BCUT2D eigenvalue weighted by molar-refractivity contribution is 0.264. The molecule has 0 saturated heterocycles. The van der Waals surface area contributed by atoms with E-state index in [2.05, 4.69) is 0 Å². The molecule has 0 spiro atoms. The molecule has 0 aliphatic carbocycles. The Balaban J connectivity index is 2.87. The molecule has 1 aromatic rings. The third-order valence-corrected chi connectivity index (χ3v) is 2.21. The summed E-state index contributed by atoms with van der Waals surface area (Å²) in [7, 11) is 3.21. The monoisotopic (exact) mass is 211 g/mol. The summed E-state index contributed by atoms with van der Waals surface area (Å²) in [6.07, 6.45) is 0.587. The Morgan fingerprint density at radius 1 is 1.33 bits per heavy atom. The Bertz CT molecular complexity index is 315. The quantitative estimate of drug-likeness (QED) is 0.747. The van der Waals surface area contributed by atoms with Gasteiger partial charge >= 0.3 is 0 Å². The lowest BCUT2D eigenvalue weighted by Crippen LogP contribution is -2.27. The van der Waals surface area contributed by atoms with Crippen molar-refractivity contribution in [1.82, 2.24) is 0 Å². The molecule has 84 valence electrons. The maximum absolute atomic E-state index is 8.87. The Morgan fingerprint density at radius 3 is 2.60 bits per heavy atom. The van der Waals surface area contributed by atoms with Crippen molar-refractivity contribution < 1.29 is 14.6 Å². The van der Waals surface area contributed by atoms with Gasteiger partial charge in [0.2, 0.25) is 0 Å². The molecule has 1 atom stereocenters. The van der Waals surface area contributed by atoms with Crippen molar-refractivity contribution in [3.63, 3.8) is 0 Å². The van der Waals surface area contributed by atoms with Crippen LogP contribution >= 0.6 is 0 Å². The third-order valence-electron chi connectivity index (χ3n) is 2.21. The first kappa shape index (κ1) is 11.8. The lowest BCUT2D eigenvalue weighted by atomic mass is 10.1. The number of methoxy groups -OCH3 is 2. The van der Waals surface area contributed by atoms with Gasteiger partial charge in [-0.25, -0.2) is 0 Å². The molecule has 15 heavy (non-hydrogen) atoms. The van der Waals surface area contributed by atoms with Crippen molar-refractivity contribution in [3.05, 3.63) is 23.8 Å². The standard InChI is InChI=1S/C11H17NO3/c1-14-10-4-3-8(5-9(12)7-13)11(6-10)15-2/h3-4,6,9,13H,5,7,12H2,1-2H3. The first-order chi connectivity index (χ1) is 7.21. The number of rotatable bonds is 5. The van der Waals surface area contributed by atoms with Crippen LogP contribution in [0.2, 0.25) is 0 Å². The zero-order valence-corrected chi connectivity index (χ0v) is 9.06. The molecule has 1 unspecified atom stereocenters. The normalized spacial score (nSPS) is 12.3. The molecule has 0 saturated carbocycles. The Kier molecular flexibility index (Phi) is 4.39. The Hall–Kier alpha value is -1.26. The van der Waals surface area contributed by atoms with Crippen molar-refractivity contribution in [2.75, 3.05) is 20.8 Å². The van der Waals surface area contributed by atoms with Crippen LogP contribution in [0.5, 0.6) is 11.5 Å². The second kappa shape index (κ2) is 5.58. The predicted octanol–water partition coefficient (Wildman–Crippen LogP) is 0.566. The molecule has 0 bridgehead atoms. The summed E-state index contributed by atoms with van der Waals surface area (Å²) in [5, 5.41) is 8.87. The molecular formula is C11H17NO3.